The second kappa shape index (κ2) is 5.43. The first-order valence-corrected chi connectivity index (χ1v) is 7.49. The zero-order valence-corrected chi connectivity index (χ0v) is 12.0. The van der Waals surface area contributed by atoms with Crippen molar-refractivity contribution in [1.29, 1.82) is 0 Å². The Labute approximate surface area is 112 Å². The Kier molecular flexibility index (Phi) is 4.10. The second-order valence-electron chi connectivity index (χ2n) is 5.75. The van der Waals surface area contributed by atoms with Crippen molar-refractivity contribution in [2.45, 2.75) is 51.7 Å². The molecule has 1 aromatic heterocycles. The molecular weight excluding hydrogens is 248 g/mol. The van der Waals surface area contributed by atoms with Crippen LogP contribution in [0.25, 0.3) is 0 Å². The van der Waals surface area contributed by atoms with E-state index in [2.05, 4.69) is 10.1 Å². The number of ketones is 1. The number of rotatable bonds is 3. The molecule has 4 nitrogen and oxygen atoms in total. The summed E-state index contributed by atoms with van der Waals surface area (Å²) < 4.78 is 5.19. The predicted octanol–water partition coefficient (Wildman–Crippen LogP) is 3.19. The van der Waals surface area contributed by atoms with Gasteiger partial charge in [-0.25, -0.2) is 0 Å². The van der Waals surface area contributed by atoms with E-state index < -0.39 is 0 Å². The summed E-state index contributed by atoms with van der Waals surface area (Å²) in [6.45, 7) is 5.72. The molecule has 2 rings (SSSR count). The average molecular weight is 268 g/mol. The van der Waals surface area contributed by atoms with E-state index in [9.17, 15) is 4.79 Å². The molecule has 1 fully saturated rings. The summed E-state index contributed by atoms with van der Waals surface area (Å²) in [5.74, 6) is 2.51. The molecule has 100 valence electrons. The minimum absolute atomic E-state index is 0.133. The molecule has 1 saturated heterocycles. The van der Waals surface area contributed by atoms with Crippen molar-refractivity contribution >= 4 is 17.5 Å². The molecule has 18 heavy (non-hydrogen) atoms. The largest absolute Gasteiger partial charge is 0.339 e. The Balaban J connectivity index is 1.99. The van der Waals surface area contributed by atoms with Gasteiger partial charge in [-0.3, -0.25) is 4.79 Å². The summed E-state index contributed by atoms with van der Waals surface area (Å²) in [5, 5.41) is 4.36. The lowest BCUT2D eigenvalue weighted by molar-refractivity contribution is -0.125. The third-order valence-electron chi connectivity index (χ3n) is 3.10. The number of aromatic nitrogens is 2. The number of nitrogens with zero attached hydrogens (tertiary/aromatic N) is 2. The monoisotopic (exact) mass is 268 g/mol. The van der Waals surface area contributed by atoms with Gasteiger partial charge >= 0.3 is 0 Å². The molecule has 0 bridgehead atoms. The van der Waals surface area contributed by atoms with Crippen molar-refractivity contribution in [2.24, 2.45) is 5.41 Å². The fourth-order valence-electron chi connectivity index (χ4n) is 1.82. The van der Waals surface area contributed by atoms with Crippen LogP contribution < -0.4 is 0 Å². The van der Waals surface area contributed by atoms with Crippen LogP contribution in [0.2, 0.25) is 0 Å². The maximum atomic E-state index is 11.9. The standard InChI is InChI=1S/C13H20N2O2S/c1-13(2,3)10(16)8-11-14-12(15-17-11)9-6-4-5-7-18-9/h9H,4-8H2,1-3H3. The molecule has 0 aromatic carbocycles. The molecule has 0 N–H and O–H groups in total. The fourth-order valence-corrected chi connectivity index (χ4v) is 3.05. The highest BCUT2D eigenvalue weighted by atomic mass is 32.2. The molecule has 0 spiro atoms. The molecule has 1 atom stereocenters. The van der Waals surface area contributed by atoms with Crippen molar-refractivity contribution in [3.8, 4) is 0 Å². The van der Waals surface area contributed by atoms with E-state index >= 15 is 0 Å². The quantitative estimate of drug-likeness (QED) is 0.842. The van der Waals surface area contributed by atoms with Crippen molar-refractivity contribution in [3.63, 3.8) is 0 Å². The number of carbonyl (C=O) groups excluding carboxylic acids is 1. The van der Waals surface area contributed by atoms with Crippen LogP contribution in [0.4, 0.5) is 0 Å². The lowest BCUT2D eigenvalue weighted by Crippen LogP contribution is -2.22. The molecule has 0 aliphatic carbocycles. The fraction of sp³-hybridized carbons (Fsp3) is 0.769. The molecule has 1 aliphatic rings. The van der Waals surface area contributed by atoms with Crippen molar-refractivity contribution in [3.05, 3.63) is 11.7 Å². The SMILES string of the molecule is CC(C)(C)C(=O)Cc1nc(C2CCCCS2)no1. The van der Waals surface area contributed by atoms with Gasteiger partial charge < -0.3 is 4.52 Å². The molecule has 0 radical (unpaired) electrons. The predicted molar refractivity (Wildman–Crippen MR) is 71.5 cm³/mol. The van der Waals surface area contributed by atoms with Gasteiger partial charge in [-0.1, -0.05) is 32.3 Å². The zero-order chi connectivity index (χ0) is 13.2. The number of carbonyl (C=O) groups is 1. The highest BCUT2D eigenvalue weighted by molar-refractivity contribution is 7.99. The smallest absolute Gasteiger partial charge is 0.234 e. The van der Waals surface area contributed by atoms with E-state index in [0.29, 0.717) is 11.1 Å². The lowest BCUT2D eigenvalue weighted by atomic mass is 9.89. The first-order chi connectivity index (χ1) is 8.47. The first-order valence-electron chi connectivity index (χ1n) is 6.44. The van der Waals surface area contributed by atoms with Gasteiger partial charge in [0.2, 0.25) is 5.89 Å². The van der Waals surface area contributed by atoms with Gasteiger partial charge in [0.1, 0.15) is 5.78 Å². The van der Waals surface area contributed by atoms with Crippen LogP contribution >= 0.6 is 11.8 Å². The van der Waals surface area contributed by atoms with Gasteiger partial charge in [0.15, 0.2) is 5.82 Å². The summed E-state index contributed by atoms with van der Waals surface area (Å²) in [6, 6.07) is 0. The summed E-state index contributed by atoms with van der Waals surface area (Å²) >= 11 is 1.88. The van der Waals surface area contributed by atoms with Gasteiger partial charge in [0.05, 0.1) is 11.7 Å². The summed E-state index contributed by atoms with van der Waals surface area (Å²) in [4.78, 5) is 16.3. The Hall–Kier alpha value is -0.840. The Morgan fingerprint density at radius 1 is 1.44 bits per heavy atom. The molecule has 1 aliphatic heterocycles. The molecule has 5 heteroatoms. The highest BCUT2D eigenvalue weighted by Gasteiger charge is 2.26. The van der Waals surface area contributed by atoms with E-state index in [1.54, 1.807) is 0 Å². The number of hydrogen-bond acceptors (Lipinski definition) is 5. The maximum Gasteiger partial charge on any atom is 0.234 e. The second-order valence-corrected chi connectivity index (χ2v) is 7.06. The van der Waals surface area contributed by atoms with Crippen LogP contribution in [-0.2, 0) is 11.2 Å². The van der Waals surface area contributed by atoms with Gasteiger partial charge in [-0.2, -0.15) is 16.7 Å². The Morgan fingerprint density at radius 2 is 2.22 bits per heavy atom. The van der Waals surface area contributed by atoms with E-state index in [4.69, 9.17) is 4.52 Å². The van der Waals surface area contributed by atoms with Gasteiger partial charge in [-0.15, -0.1) is 0 Å². The third-order valence-corrected chi connectivity index (χ3v) is 4.47. The molecule has 1 aromatic rings. The van der Waals surface area contributed by atoms with Crippen molar-refractivity contribution < 1.29 is 9.32 Å². The van der Waals surface area contributed by atoms with Crippen LogP contribution in [0.1, 0.15) is 57.0 Å². The molecule has 0 saturated carbocycles. The van der Waals surface area contributed by atoms with Crippen LogP contribution in [0.3, 0.4) is 0 Å². The van der Waals surface area contributed by atoms with Gasteiger partial charge in [0, 0.05) is 5.41 Å². The van der Waals surface area contributed by atoms with Crippen molar-refractivity contribution in [2.75, 3.05) is 5.75 Å². The van der Waals surface area contributed by atoms with Crippen LogP contribution in [0.15, 0.2) is 4.52 Å². The molecular formula is C13H20N2O2S. The van der Waals surface area contributed by atoms with Crippen LogP contribution in [0.5, 0.6) is 0 Å². The van der Waals surface area contributed by atoms with E-state index in [0.717, 1.165) is 18.0 Å². The molecule has 0 amide bonds. The van der Waals surface area contributed by atoms with Crippen molar-refractivity contribution in [1.82, 2.24) is 10.1 Å². The topological polar surface area (TPSA) is 56.0 Å². The summed E-state index contributed by atoms with van der Waals surface area (Å²) in [5.41, 5.74) is -0.353. The normalized spacial score (nSPS) is 20.9. The van der Waals surface area contributed by atoms with Gasteiger partial charge in [0.25, 0.3) is 0 Å². The van der Waals surface area contributed by atoms with Crippen LogP contribution in [0, 0.1) is 5.41 Å². The maximum absolute atomic E-state index is 11.9. The number of Topliss-reactive ketones (excluding diaryl/α,β-unsaturated/α-hetero) is 1. The third kappa shape index (κ3) is 3.34. The minimum Gasteiger partial charge on any atom is -0.339 e. The number of hydrogen-bond donors (Lipinski definition) is 0. The molecule has 2 heterocycles. The summed E-state index contributed by atoms with van der Waals surface area (Å²) in [6.07, 6.45) is 3.85. The first kappa shape index (κ1) is 13.6. The van der Waals surface area contributed by atoms with E-state index in [1.807, 2.05) is 32.5 Å². The van der Waals surface area contributed by atoms with Gasteiger partial charge in [-0.05, 0) is 18.6 Å². The highest BCUT2D eigenvalue weighted by Crippen LogP contribution is 2.36. The average Bonchev–Trinajstić information content (AvgIpc) is 2.77. The lowest BCUT2D eigenvalue weighted by Gasteiger charge is -2.17. The Bertz CT molecular complexity index is 417. The van der Waals surface area contributed by atoms with Crippen LogP contribution in [-0.4, -0.2) is 21.7 Å². The minimum atomic E-state index is -0.353. The summed E-state index contributed by atoms with van der Waals surface area (Å²) in [7, 11) is 0. The van der Waals surface area contributed by atoms with E-state index in [1.165, 1.54) is 12.8 Å². The molecule has 1 unspecified atom stereocenters. The number of thioether (sulfide) groups is 1. The zero-order valence-electron chi connectivity index (χ0n) is 11.2. The Morgan fingerprint density at radius 3 is 2.83 bits per heavy atom. The van der Waals surface area contributed by atoms with E-state index in [-0.39, 0.29) is 17.6 Å².